The summed E-state index contributed by atoms with van der Waals surface area (Å²) in [5, 5.41) is 1.80. The molecule has 1 rings (SSSR count). The summed E-state index contributed by atoms with van der Waals surface area (Å²) < 4.78 is 4.42. The number of nitrogens with two attached hydrogens (primary N) is 1. The Morgan fingerprint density at radius 2 is 2.36 bits per heavy atom. The number of rotatable bonds is 4. The fourth-order valence-corrected chi connectivity index (χ4v) is 1.65. The average molecular weight is 213 g/mol. The van der Waals surface area contributed by atoms with Gasteiger partial charge in [-0.15, -0.1) is 11.3 Å². The van der Waals surface area contributed by atoms with Gasteiger partial charge in [-0.25, -0.2) is 0 Å². The molecule has 1 heterocycles. The van der Waals surface area contributed by atoms with Crippen molar-refractivity contribution in [2.75, 3.05) is 7.11 Å². The van der Waals surface area contributed by atoms with Crippen LogP contribution in [0.15, 0.2) is 17.5 Å². The van der Waals surface area contributed by atoms with Crippen LogP contribution in [-0.2, 0) is 9.53 Å². The summed E-state index contributed by atoms with van der Waals surface area (Å²) in [5.74, 6) is -0.687. The molecule has 0 amide bonds. The van der Waals surface area contributed by atoms with Gasteiger partial charge in [-0.3, -0.25) is 9.59 Å². The van der Waals surface area contributed by atoms with Crippen LogP contribution in [0, 0.1) is 0 Å². The molecule has 14 heavy (non-hydrogen) atoms. The first-order chi connectivity index (χ1) is 6.65. The number of Topliss-reactive ketones (excluding diaryl/α,β-unsaturated/α-hetero) is 1. The number of esters is 1. The van der Waals surface area contributed by atoms with E-state index in [0.717, 1.165) is 0 Å². The number of methoxy groups -OCH3 is 1. The minimum Gasteiger partial charge on any atom is -0.468 e. The van der Waals surface area contributed by atoms with E-state index in [2.05, 4.69) is 4.74 Å². The molecule has 1 aromatic heterocycles. The number of carbonyl (C=O) groups is 2. The molecule has 4 nitrogen and oxygen atoms in total. The van der Waals surface area contributed by atoms with Gasteiger partial charge in [-0.1, -0.05) is 6.07 Å². The van der Waals surface area contributed by atoms with Gasteiger partial charge in [-0.2, -0.15) is 0 Å². The van der Waals surface area contributed by atoms with E-state index in [1.807, 2.05) is 0 Å². The summed E-state index contributed by atoms with van der Waals surface area (Å²) in [4.78, 5) is 23.0. The van der Waals surface area contributed by atoms with Crippen molar-refractivity contribution in [3.63, 3.8) is 0 Å². The lowest BCUT2D eigenvalue weighted by molar-refractivity contribution is -0.142. The Morgan fingerprint density at radius 3 is 2.86 bits per heavy atom. The number of ketones is 1. The molecule has 0 saturated carbocycles. The Kier molecular flexibility index (Phi) is 3.79. The molecule has 1 atom stereocenters. The summed E-state index contributed by atoms with van der Waals surface area (Å²) >= 11 is 1.34. The van der Waals surface area contributed by atoms with Crippen molar-refractivity contribution in [3.05, 3.63) is 22.4 Å². The highest BCUT2D eigenvalue weighted by molar-refractivity contribution is 7.12. The maximum atomic E-state index is 11.5. The van der Waals surface area contributed by atoms with Crippen molar-refractivity contribution in [3.8, 4) is 0 Å². The highest BCUT2D eigenvalue weighted by Crippen LogP contribution is 2.12. The minimum atomic E-state index is -0.866. The normalized spacial score (nSPS) is 12.1. The maximum absolute atomic E-state index is 11.5. The van der Waals surface area contributed by atoms with Crippen LogP contribution in [0.25, 0.3) is 0 Å². The molecule has 1 unspecified atom stereocenters. The van der Waals surface area contributed by atoms with Crippen LogP contribution in [0.2, 0.25) is 0 Å². The highest BCUT2D eigenvalue weighted by Gasteiger charge is 2.19. The first-order valence-electron chi connectivity index (χ1n) is 4.05. The second-order valence-electron chi connectivity index (χ2n) is 2.73. The Balaban J connectivity index is 2.53. The van der Waals surface area contributed by atoms with Crippen LogP contribution in [0.1, 0.15) is 16.1 Å². The van der Waals surface area contributed by atoms with E-state index in [9.17, 15) is 9.59 Å². The van der Waals surface area contributed by atoms with Crippen LogP contribution in [0.4, 0.5) is 0 Å². The van der Waals surface area contributed by atoms with Crippen molar-refractivity contribution >= 4 is 23.1 Å². The Morgan fingerprint density at radius 1 is 1.64 bits per heavy atom. The molecular formula is C9H11NO3S. The first kappa shape index (κ1) is 10.9. The third-order valence-corrected chi connectivity index (χ3v) is 2.62. The van der Waals surface area contributed by atoms with E-state index in [-0.39, 0.29) is 12.2 Å². The van der Waals surface area contributed by atoms with Crippen molar-refractivity contribution in [1.82, 2.24) is 0 Å². The zero-order valence-corrected chi connectivity index (χ0v) is 8.54. The number of hydrogen-bond donors (Lipinski definition) is 1. The molecule has 0 radical (unpaired) electrons. The van der Waals surface area contributed by atoms with E-state index in [0.29, 0.717) is 4.88 Å². The van der Waals surface area contributed by atoms with Crippen LogP contribution in [0.3, 0.4) is 0 Å². The second kappa shape index (κ2) is 4.88. The van der Waals surface area contributed by atoms with Gasteiger partial charge in [0.1, 0.15) is 6.04 Å². The van der Waals surface area contributed by atoms with Gasteiger partial charge in [0.25, 0.3) is 0 Å². The van der Waals surface area contributed by atoms with Gasteiger partial charge in [-0.05, 0) is 11.4 Å². The molecule has 0 aromatic carbocycles. The molecule has 5 heteroatoms. The lowest BCUT2D eigenvalue weighted by atomic mass is 10.1. The van der Waals surface area contributed by atoms with Crippen LogP contribution < -0.4 is 5.73 Å². The molecule has 0 bridgehead atoms. The summed E-state index contributed by atoms with van der Waals surface area (Å²) in [6, 6.07) is 2.62. The zero-order valence-electron chi connectivity index (χ0n) is 7.73. The van der Waals surface area contributed by atoms with Gasteiger partial charge in [0.2, 0.25) is 0 Å². The van der Waals surface area contributed by atoms with Crippen molar-refractivity contribution in [2.24, 2.45) is 5.73 Å². The van der Waals surface area contributed by atoms with E-state index in [1.54, 1.807) is 17.5 Å². The maximum Gasteiger partial charge on any atom is 0.323 e. The van der Waals surface area contributed by atoms with Crippen LogP contribution >= 0.6 is 11.3 Å². The smallest absolute Gasteiger partial charge is 0.323 e. The van der Waals surface area contributed by atoms with Crippen molar-refractivity contribution < 1.29 is 14.3 Å². The quantitative estimate of drug-likeness (QED) is 0.594. The van der Waals surface area contributed by atoms with Gasteiger partial charge in [0, 0.05) is 6.42 Å². The fourth-order valence-electron chi connectivity index (χ4n) is 0.972. The summed E-state index contributed by atoms with van der Waals surface area (Å²) in [7, 11) is 1.25. The Hall–Kier alpha value is -1.20. The third kappa shape index (κ3) is 2.65. The predicted octanol–water partition coefficient (Wildman–Crippen LogP) is 0.821. The lowest BCUT2D eigenvalue weighted by Crippen LogP contribution is -2.33. The first-order valence-corrected chi connectivity index (χ1v) is 4.93. The molecule has 1 aromatic rings. The SMILES string of the molecule is COC(=O)C(N)CC(=O)c1cccs1. The largest absolute Gasteiger partial charge is 0.468 e. The predicted molar refractivity (Wildman–Crippen MR) is 53.3 cm³/mol. The molecule has 0 aliphatic carbocycles. The van der Waals surface area contributed by atoms with Gasteiger partial charge in [0.05, 0.1) is 12.0 Å². The zero-order chi connectivity index (χ0) is 10.6. The number of ether oxygens (including phenoxy) is 1. The van der Waals surface area contributed by atoms with Gasteiger partial charge >= 0.3 is 5.97 Å². The molecule has 0 fully saturated rings. The van der Waals surface area contributed by atoms with E-state index in [1.165, 1.54) is 18.4 Å². The number of carbonyl (C=O) groups excluding carboxylic acids is 2. The molecule has 0 spiro atoms. The topological polar surface area (TPSA) is 69.4 Å². The third-order valence-electron chi connectivity index (χ3n) is 1.71. The van der Waals surface area contributed by atoms with Gasteiger partial charge < -0.3 is 10.5 Å². The average Bonchev–Trinajstić information content (AvgIpc) is 2.69. The highest BCUT2D eigenvalue weighted by atomic mass is 32.1. The molecule has 0 aliphatic heterocycles. The van der Waals surface area contributed by atoms with Crippen LogP contribution in [0.5, 0.6) is 0 Å². The van der Waals surface area contributed by atoms with E-state index in [4.69, 9.17) is 5.73 Å². The summed E-state index contributed by atoms with van der Waals surface area (Å²) in [5.41, 5.74) is 5.44. The second-order valence-corrected chi connectivity index (χ2v) is 3.68. The Labute approximate surface area is 85.7 Å². The molecule has 76 valence electrons. The van der Waals surface area contributed by atoms with Crippen molar-refractivity contribution in [1.29, 1.82) is 0 Å². The van der Waals surface area contributed by atoms with E-state index < -0.39 is 12.0 Å². The molecule has 0 saturated heterocycles. The fraction of sp³-hybridized carbons (Fsp3) is 0.333. The Bertz CT molecular complexity index is 321. The van der Waals surface area contributed by atoms with Crippen LogP contribution in [-0.4, -0.2) is 24.9 Å². The van der Waals surface area contributed by atoms with Crippen molar-refractivity contribution in [2.45, 2.75) is 12.5 Å². The van der Waals surface area contributed by atoms with Gasteiger partial charge in [0.15, 0.2) is 5.78 Å². The monoisotopic (exact) mass is 213 g/mol. The minimum absolute atomic E-state index is 0.00676. The van der Waals surface area contributed by atoms with E-state index >= 15 is 0 Å². The molecule has 2 N–H and O–H groups in total. The molecular weight excluding hydrogens is 202 g/mol. The summed E-state index contributed by atoms with van der Waals surface area (Å²) in [6.45, 7) is 0. The summed E-state index contributed by atoms with van der Waals surface area (Å²) in [6.07, 6.45) is -0.00676. The number of hydrogen-bond acceptors (Lipinski definition) is 5. The standard InChI is InChI=1S/C9H11NO3S/c1-13-9(12)6(10)5-7(11)8-3-2-4-14-8/h2-4,6H,5,10H2,1H3. The molecule has 0 aliphatic rings. The lowest BCUT2D eigenvalue weighted by Gasteiger charge is -2.06. The number of thiophene rings is 1.